The van der Waals surface area contributed by atoms with Crippen molar-refractivity contribution in [3.63, 3.8) is 0 Å². The highest BCUT2D eigenvalue weighted by molar-refractivity contribution is 4.71. The van der Waals surface area contributed by atoms with E-state index in [0.29, 0.717) is 18.6 Å². The molecule has 78 valence electrons. The Hall–Kier alpha value is -0.0800. The lowest BCUT2D eigenvalue weighted by atomic mass is 9.88. The largest absolute Gasteiger partial charge is 0.396 e. The number of ether oxygens (including phenoxy) is 1. The van der Waals surface area contributed by atoms with Crippen LogP contribution in [0.25, 0.3) is 0 Å². The monoisotopic (exact) mass is 186 g/mol. The minimum Gasteiger partial charge on any atom is -0.396 e. The Balaban J connectivity index is 2.03. The highest BCUT2D eigenvalue weighted by Gasteiger charge is 2.20. The van der Waals surface area contributed by atoms with E-state index in [4.69, 9.17) is 9.84 Å². The smallest absolute Gasteiger partial charge is 0.0575 e. The summed E-state index contributed by atoms with van der Waals surface area (Å²) in [5.41, 5.74) is 0. The molecule has 2 heteroatoms. The van der Waals surface area contributed by atoms with E-state index in [2.05, 4.69) is 6.92 Å². The van der Waals surface area contributed by atoms with E-state index in [9.17, 15) is 0 Å². The first-order chi connectivity index (χ1) is 6.36. The first-order valence-corrected chi connectivity index (χ1v) is 5.59. The summed E-state index contributed by atoms with van der Waals surface area (Å²) < 4.78 is 5.73. The zero-order valence-electron chi connectivity index (χ0n) is 8.67. The zero-order chi connectivity index (χ0) is 9.52. The van der Waals surface area contributed by atoms with Gasteiger partial charge in [0.1, 0.15) is 0 Å². The molecule has 0 unspecified atom stereocenters. The maximum absolute atomic E-state index is 8.95. The normalized spacial score (nSPS) is 29.1. The summed E-state index contributed by atoms with van der Waals surface area (Å²) in [6, 6.07) is 0. The van der Waals surface area contributed by atoms with Gasteiger partial charge in [0.15, 0.2) is 0 Å². The summed E-state index contributed by atoms with van der Waals surface area (Å²) in [6.07, 6.45) is 7.46. The quantitative estimate of drug-likeness (QED) is 0.668. The number of hydrogen-bond donors (Lipinski definition) is 1. The van der Waals surface area contributed by atoms with Crippen LogP contribution < -0.4 is 0 Å². The van der Waals surface area contributed by atoms with Crippen molar-refractivity contribution < 1.29 is 9.84 Å². The third-order valence-electron chi connectivity index (χ3n) is 2.90. The standard InChI is InChI=1S/C11H22O2/c1-2-3-8-13-11-6-4-10(9-12)5-7-11/h10-12H,2-9H2,1H3/t10-,11+. The predicted molar refractivity (Wildman–Crippen MR) is 53.7 cm³/mol. The second kappa shape index (κ2) is 6.39. The van der Waals surface area contributed by atoms with E-state index in [1.165, 1.54) is 12.8 Å². The highest BCUT2D eigenvalue weighted by atomic mass is 16.5. The summed E-state index contributed by atoms with van der Waals surface area (Å²) in [5.74, 6) is 0.547. The Morgan fingerprint density at radius 3 is 2.46 bits per heavy atom. The number of rotatable bonds is 5. The number of aliphatic hydroxyl groups is 1. The molecule has 0 radical (unpaired) electrons. The minimum absolute atomic E-state index is 0.363. The van der Waals surface area contributed by atoms with Crippen molar-refractivity contribution in [2.45, 2.75) is 51.6 Å². The lowest BCUT2D eigenvalue weighted by Crippen LogP contribution is -2.23. The predicted octanol–water partition coefficient (Wildman–Crippen LogP) is 2.35. The zero-order valence-corrected chi connectivity index (χ0v) is 8.67. The van der Waals surface area contributed by atoms with Crippen LogP contribution in [-0.4, -0.2) is 24.4 Å². The highest BCUT2D eigenvalue weighted by Crippen LogP contribution is 2.25. The number of aliphatic hydroxyl groups excluding tert-OH is 1. The van der Waals surface area contributed by atoms with Gasteiger partial charge in [-0.05, 0) is 38.0 Å². The van der Waals surface area contributed by atoms with E-state index in [1.54, 1.807) is 0 Å². The summed E-state index contributed by atoms with van der Waals surface area (Å²) in [5, 5.41) is 8.95. The topological polar surface area (TPSA) is 29.5 Å². The van der Waals surface area contributed by atoms with Crippen molar-refractivity contribution in [3.05, 3.63) is 0 Å². The first-order valence-electron chi connectivity index (χ1n) is 5.59. The van der Waals surface area contributed by atoms with Crippen LogP contribution in [0.15, 0.2) is 0 Å². The van der Waals surface area contributed by atoms with Crippen LogP contribution in [0.5, 0.6) is 0 Å². The van der Waals surface area contributed by atoms with E-state index >= 15 is 0 Å². The van der Waals surface area contributed by atoms with E-state index in [1.807, 2.05) is 0 Å². The van der Waals surface area contributed by atoms with E-state index < -0.39 is 0 Å². The molecule has 0 atom stereocenters. The average Bonchev–Trinajstić information content (AvgIpc) is 2.19. The molecule has 0 amide bonds. The molecule has 0 spiro atoms. The Morgan fingerprint density at radius 1 is 1.23 bits per heavy atom. The molecule has 0 aromatic carbocycles. The van der Waals surface area contributed by atoms with Gasteiger partial charge >= 0.3 is 0 Å². The van der Waals surface area contributed by atoms with Gasteiger partial charge in [-0.1, -0.05) is 13.3 Å². The fourth-order valence-electron chi connectivity index (χ4n) is 1.88. The van der Waals surface area contributed by atoms with Crippen molar-refractivity contribution in [2.75, 3.05) is 13.2 Å². The number of hydrogen-bond acceptors (Lipinski definition) is 2. The van der Waals surface area contributed by atoms with Crippen LogP contribution >= 0.6 is 0 Å². The molecule has 1 N–H and O–H groups in total. The molecule has 0 saturated heterocycles. The van der Waals surface area contributed by atoms with Crippen molar-refractivity contribution in [2.24, 2.45) is 5.92 Å². The van der Waals surface area contributed by atoms with Crippen LogP contribution in [0.4, 0.5) is 0 Å². The molecule has 0 aliphatic heterocycles. The van der Waals surface area contributed by atoms with Crippen LogP contribution in [-0.2, 0) is 4.74 Å². The molecule has 0 heterocycles. The Kier molecular flexibility index (Phi) is 5.40. The Bertz CT molecular complexity index is 115. The Morgan fingerprint density at radius 2 is 1.92 bits per heavy atom. The van der Waals surface area contributed by atoms with E-state index in [0.717, 1.165) is 32.3 Å². The third kappa shape index (κ3) is 4.10. The van der Waals surface area contributed by atoms with Crippen molar-refractivity contribution in [1.82, 2.24) is 0 Å². The number of unbranched alkanes of at least 4 members (excludes halogenated alkanes) is 1. The van der Waals surface area contributed by atoms with Crippen LogP contribution in [0, 0.1) is 5.92 Å². The second-order valence-electron chi connectivity index (χ2n) is 4.05. The van der Waals surface area contributed by atoms with Gasteiger partial charge in [-0.2, -0.15) is 0 Å². The Labute approximate surface area is 81.3 Å². The van der Waals surface area contributed by atoms with Gasteiger partial charge in [-0.3, -0.25) is 0 Å². The third-order valence-corrected chi connectivity index (χ3v) is 2.90. The molecular formula is C11H22O2. The molecule has 1 saturated carbocycles. The maximum Gasteiger partial charge on any atom is 0.0575 e. The molecular weight excluding hydrogens is 164 g/mol. The molecule has 2 nitrogen and oxygen atoms in total. The fraction of sp³-hybridized carbons (Fsp3) is 1.00. The SMILES string of the molecule is CCCCO[C@H]1CC[C@@H](CO)CC1. The molecule has 13 heavy (non-hydrogen) atoms. The van der Waals surface area contributed by atoms with Gasteiger partial charge in [0.05, 0.1) is 6.10 Å². The fourth-order valence-corrected chi connectivity index (χ4v) is 1.88. The summed E-state index contributed by atoms with van der Waals surface area (Å²) >= 11 is 0. The summed E-state index contributed by atoms with van der Waals surface area (Å²) in [6.45, 7) is 3.47. The van der Waals surface area contributed by atoms with Gasteiger partial charge < -0.3 is 9.84 Å². The lowest BCUT2D eigenvalue weighted by molar-refractivity contribution is 0.0102. The molecule has 1 aliphatic carbocycles. The minimum atomic E-state index is 0.363. The molecule has 1 aliphatic rings. The second-order valence-corrected chi connectivity index (χ2v) is 4.05. The molecule has 0 aromatic heterocycles. The van der Waals surface area contributed by atoms with Crippen molar-refractivity contribution in [1.29, 1.82) is 0 Å². The molecule has 0 bridgehead atoms. The van der Waals surface area contributed by atoms with Gasteiger partial charge in [0, 0.05) is 13.2 Å². The first kappa shape index (κ1) is 11.0. The van der Waals surface area contributed by atoms with Crippen LogP contribution in [0.3, 0.4) is 0 Å². The van der Waals surface area contributed by atoms with Crippen LogP contribution in [0.2, 0.25) is 0 Å². The maximum atomic E-state index is 8.95. The molecule has 1 fully saturated rings. The molecule has 0 aromatic rings. The molecule has 1 rings (SSSR count). The van der Waals surface area contributed by atoms with Crippen molar-refractivity contribution >= 4 is 0 Å². The average molecular weight is 186 g/mol. The summed E-state index contributed by atoms with van der Waals surface area (Å²) in [7, 11) is 0. The van der Waals surface area contributed by atoms with Gasteiger partial charge in [0.2, 0.25) is 0 Å². The van der Waals surface area contributed by atoms with Crippen LogP contribution in [0.1, 0.15) is 45.4 Å². The lowest BCUT2D eigenvalue weighted by Gasteiger charge is -2.27. The van der Waals surface area contributed by atoms with Gasteiger partial charge in [-0.15, -0.1) is 0 Å². The van der Waals surface area contributed by atoms with Gasteiger partial charge in [0.25, 0.3) is 0 Å². The summed E-state index contributed by atoms with van der Waals surface area (Å²) in [4.78, 5) is 0. The van der Waals surface area contributed by atoms with Gasteiger partial charge in [-0.25, -0.2) is 0 Å². The van der Waals surface area contributed by atoms with Crippen molar-refractivity contribution in [3.8, 4) is 0 Å². The van der Waals surface area contributed by atoms with E-state index in [-0.39, 0.29) is 0 Å².